The second-order valence-electron chi connectivity index (χ2n) is 8.80. The molecule has 2 fully saturated rings. The largest absolute Gasteiger partial charge is 0.573 e. The predicted octanol–water partition coefficient (Wildman–Crippen LogP) is 4.55. The lowest BCUT2D eigenvalue weighted by molar-refractivity contribution is -0.274. The molecule has 2 aliphatic heterocycles. The van der Waals surface area contributed by atoms with Gasteiger partial charge in [-0.05, 0) is 49.9 Å². The van der Waals surface area contributed by atoms with E-state index in [0.29, 0.717) is 39.0 Å². The highest BCUT2D eigenvalue weighted by Gasteiger charge is 2.36. The molecule has 2 unspecified atom stereocenters. The number of nitrogens with one attached hydrogen (secondary N) is 1. The molecule has 0 spiro atoms. The molecule has 3 heterocycles. The van der Waals surface area contributed by atoms with Gasteiger partial charge in [0.05, 0.1) is 11.8 Å². The number of ether oxygens (including phenoxy) is 1. The highest BCUT2D eigenvalue weighted by molar-refractivity contribution is 5.75. The van der Waals surface area contributed by atoms with Crippen molar-refractivity contribution >= 4 is 6.03 Å². The van der Waals surface area contributed by atoms with Crippen LogP contribution < -0.4 is 4.74 Å². The lowest BCUT2D eigenvalue weighted by Gasteiger charge is -2.41. The van der Waals surface area contributed by atoms with Gasteiger partial charge in [0.25, 0.3) is 0 Å². The van der Waals surface area contributed by atoms with Crippen molar-refractivity contribution in [1.29, 1.82) is 5.26 Å². The number of H-pyrrole nitrogens is 1. The zero-order valence-corrected chi connectivity index (χ0v) is 18.3. The van der Waals surface area contributed by atoms with Crippen LogP contribution in [-0.4, -0.2) is 58.6 Å². The summed E-state index contributed by atoms with van der Waals surface area (Å²) in [6, 6.07) is 10.1. The highest BCUT2D eigenvalue weighted by Crippen LogP contribution is 2.37. The molecule has 2 atom stereocenters. The number of piperidine rings is 2. The van der Waals surface area contributed by atoms with Crippen LogP contribution in [0.2, 0.25) is 0 Å². The Bertz CT molecular complexity index is 1010. The van der Waals surface area contributed by atoms with Crippen molar-refractivity contribution < 1.29 is 22.7 Å². The summed E-state index contributed by atoms with van der Waals surface area (Å²) >= 11 is 0. The molecule has 4 rings (SSSR count). The number of aromatic nitrogens is 2. The summed E-state index contributed by atoms with van der Waals surface area (Å²) in [6.45, 7) is 4.00. The zero-order chi connectivity index (χ0) is 23.6. The van der Waals surface area contributed by atoms with Crippen LogP contribution in [0.4, 0.5) is 18.0 Å². The second kappa shape index (κ2) is 9.33. The maximum absolute atomic E-state index is 13.3. The molecule has 33 heavy (non-hydrogen) atoms. The van der Waals surface area contributed by atoms with Crippen molar-refractivity contribution in [3.63, 3.8) is 0 Å². The Balaban J connectivity index is 1.53. The van der Waals surface area contributed by atoms with Gasteiger partial charge >= 0.3 is 12.4 Å². The molecule has 7 nitrogen and oxygen atoms in total. The predicted molar refractivity (Wildman–Crippen MR) is 113 cm³/mol. The van der Waals surface area contributed by atoms with Crippen molar-refractivity contribution in [3.05, 3.63) is 47.3 Å². The minimum absolute atomic E-state index is 0.000370. The number of nitrogens with zero attached hydrogens (tertiary/aromatic N) is 4. The van der Waals surface area contributed by atoms with Crippen LogP contribution in [0.25, 0.3) is 0 Å². The third-order valence-electron chi connectivity index (χ3n) is 6.40. The molecule has 0 bridgehead atoms. The summed E-state index contributed by atoms with van der Waals surface area (Å²) in [5.41, 5.74) is 2.65. The normalized spacial score (nSPS) is 22.2. The van der Waals surface area contributed by atoms with E-state index in [4.69, 9.17) is 5.26 Å². The molecule has 1 aromatic carbocycles. The molecule has 1 N–H and O–H groups in total. The molecule has 176 valence electrons. The minimum atomic E-state index is -4.74. The molecule has 1 aromatic heterocycles. The quantitative estimate of drug-likeness (QED) is 0.727. The molecule has 2 amide bonds. The van der Waals surface area contributed by atoms with Gasteiger partial charge in [0.2, 0.25) is 0 Å². The van der Waals surface area contributed by atoms with Crippen molar-refractivity contribution in [3.8, 4) is 11.8 Å². The van der Waals surface area contributed by atoms with Crippen LogP contribution in [-0.2, 0) is 0 Å². The van der Waals surface area contributed by atoms with Crippen LogP contribution in [0.5, 0.6) is 5.75 Å². The van der Waals surface area contributed by atoms with Crippen LogP contribution in [0.1, 0.15) is 48.0 Å². The number of aromatic amines is 1. The zero-order valence-electron chi connectivity index (χ0n) is 18.3. The average molecular weight is 461 g/mol. The van der Waals surface area contributed by atoms with E-state index >= 15 is 0 Å². The van der Waals surface area contributed by atoms with E-state index in [1.54, 1.807) is 17.0 Å². The lowest BCUT2D eigenvalue weighted by atomic mass is 9.83. The first-order chi connectivity index (χ1) is 15.7. The summed E-state index contributed by atoms with van der Waals surface area (Å²) in [5, 5.41) is 16.5. The van der Waals surface area contributed by atoms with Crippen molar-refractivity contribution in [2.75, 3.05) is 26.2 Å². The van der Waals surface area contributed by atoms with Gasteiger partial charge in [0.1, 0.15) is 5.75 Å². The fourth-order valence-corrected chi connectivity index (χ4v) is 4.70. The fourth-order valence-electron chi connectivity index (χ4n) is 4.70. The summed E-state index contributed by atoms with van der Waals surface area (Å²) in [6.07, 6.45) is -2.67. The number of carbonyl (C=O) groups is 1. The standard InChI is InChI=1S/C23H26F3N5O2/c1-15-10-21(29-28-15)19-11-18(17-2-4-20(5-3-17)33-23(24,25)26)13-31(14-19)22(32)30-8-6-16(12-27)7-9-30/h2-5,10,16,18-19H,6-9,11,13-14H2,1H3,(H,28,29). The fraction of sp³-hybridized carbons (Fsp3) is 0.522. The maximum Gasteiger partial charge on any atom is 0.573 e. The third kappa shape index (κ3) is 5.59. The topological polar surface area (TPSA) is 85.2 Å². The molecule has 2 saturated heterocycles. The Morgan fingerprint density at radius 1 is 1.15 bits per heavy atom. The van der Waals surface area contributed by atoms with Gasteiger partial charge in [0.15, 0.2) is 0 Å². The lowest BCUT2D eigenvalue weighted by Crippen LogP contribution is -2.51. The van der Waals surface area contributed by atoms with E-state index < -0.39 is 6.36 Å². The number of nitriles is 1. The number of carbonyl (C=O) groups excluding carboxylic acids is 1. The summed E-state index contributed by atoms with van der Waals surface area (Å²) in [4.78, 5) is 16.9. The number of amides is 2. The number of benzene rings is 1. The van der Waals surface area contributed by atoms with Gasteiger partial charge in [0, 0.05) is 49.6 Å². The molecule has 0 saturated carbocycles. The number of urea groups is 1. The number of alkyl halides is 3. The molecule has 2 aromatic rings. The number of aryl methyl sites for hydroxylation is 1. The highest BCUT2D eigenvalue weighted by atomic mass is 19.4. The average Bonchev–Trinajstić information content (AvgIpc) is 3.24. The third-order valence-corrected chi connectivity index (χ3v) is 6.40. The maximum atomic E-state index is 13.3. The Labute approximate surface area is 190 Å². The second-order valence-corrected chi connectivity index (χ2v) is 8.80. The minimum Gasteiger partial charge on any atom is -0.406 e. The van der Waals surface area contributed by atoms with Crippen LogP contribution in [0.3, 0.4) is 0 Å². The summed E-state index contributed by atoms with van der Waals surface area (Å²) in [7, 11) is 0. The number of halogens is 3. The first kappa shape index (κ1) is 23.0. The van der Waals surface area contributed by atoms with E-state index in [1.807, 2.05) is 17.9 Å². The van der Waals surface area contributed by atoms with Gasteiger partial charge in [-0.15, -0.1) is 13.2 Å². The van der Waals surface area contributed by atoms with Crippen molar-refractivity contribution in [2.45, 2.75) is 44.4 Å². The number of hydrogen-bond donors (Lipinski definition) is 1. The first-order valence-electron chi connectivity index (χ1n) is 11.0. The van der Waals surface area contributed by atoms with Crippen LogP contribution >= 0.6 is 0 Å². The number of rotatable bonds is 3. The summed E-state index contributed by atoms with van der Waals surface area (Å²) in [5.74, 6) is -0.336. The number of likely N-dealkylation sites (tertiary alicyclic amines) is 2. The molecule has 10 heteroatoms. The monoisotopic (exact) mass is 461 g/mol. The molecule has 2 aliphatic rings. The Kier molecular flexibility index (Phi) is 6.49. The van der Waals surface area contributed by atoms with Gasteiger partial charge < -0.3 is 14.5 Å². The summed E-state index contributed by atoms with van der Waals surface area (Å²) < 4.78 is 41.5. The number of hydrogen-bond acceptors (Lipinski definition) is 4. The van der Waals surface area contributed by atoms with Gasteiger partial charge in [-0.1, -0.05) is 12.1 Å². The van der Waals surface area contributed by atoms with E-state index in [2.05, 4.69) is 21.0 Å². The van der Waals surface area contributed by atoms with E-state index in [-0.39, 0.29) is 29.5 Å². The molecular weight excluding hydrogens is 435 g/mol. The Morgan fingerprint density at radius 2 is 1.82 bits per heavy atom. The Hall–Kier alpha value is -3.22. The van der Waals surface area contributed by atoms with Gasteiger partial charge in [-0.2, -0.15) is 10.4 Å². The molecular formula is C23H26F3N5O2. The first-order valence-corrected chi connectivity index (χ1v) is 11.0. The van der Waals surface area contributed by atoms with Crippen molar-refractivity contribution in [2.24, 2.45) is 5.92 Å². The van der Waals surface area contributed by atoms with Crippen LogP contribution in [0.15, 0.2) is 30.3 Å². The molecule has 0 radical (unpaired) electrons. The van der Waals surface area contributed by atoms with E-state index in [1.165, 1.54) is 12.1 Å². The van der Waals surface area contributed by atoms with Gasteiger partial charge in [-0.3, -0.25) is 5.10 Å². The van der Waals surface area contributed by atoms with E-state index in [0.717, 1.165) is 23.4 Å². The Morgan fingerprint density at radius 3 is 2.39 bits per heavy atom. The van der Waals surface area contributed by atoms with E-state index in [9.17, 15) is 18.0 Å². The SMILES string of the molecule is Cc1cc(C2CC(c3ccc(OC(F)(F)F)cc3)CN(C(=O)N3CCC(C#N)CC3)C2)n[nH]1. The van der Waals surface area contributed by atoms with Crippen molar-refractivity contribution in [1.82, 2.24) is 20.0 Å². The van der Waals surface area contributed by atoms with Crippen LogP contribution in [0, 0.1) is 24.2 Å². The van der Waals surface area contributed by atoms with Gasteiger partial charge in [-0.25, -0.2) is 4.79 Å². The smallest absolute Gasteiger partial charge is 0.406 e. The molecule has 0 aliphatic carbocycles.